The molecule has 0 aromatic carbocycles. The molecule has 0 spiro atoms. The second kappa shape index (κ2) is 5.02. The van der Waals surface area contributed by atoms with E-state index in [0.29, 0.717) is 0 Å². The molecular formula is C6H7ClO5. The highest BCUT2D eigenvalue weighted by molar-refractivity contribution is 5.01. The van der Waals surface area contributed by atoms with E-state index in [0.717, 1.165) is 5.56 Å². The van der Waals surface area contributed by atoms with Crippen LogP contribution in [0.1, 0.15) is 5.56 Å². The van der Waals surface area contributed by atoms with Gasteiger partial charge in [0.1, 0.15) is 0 Å². The van der Waals surface area contributed by atoms with E-state index in [1.807, 2.05) is 19.1 Å². The lowest BCUT2D eigenvalue weighted by molar-refractivity contribution is -2.00. The van der Waals surface area contributed by atoms with Gasteiger partial charge in [-0.25, -0.2) is 23.1 Å². The standard InChI is InChI=1S/C6H7O.ClHO4/c1-6-3-2-4-7-5-6;2-1(3,4)5/h2-5H,1H3;(H,2,3,4,5)/q+1;/p-1. The summed E-state index contributed by atoms with van der Waals surface area (Å²) in [5, 5.41) is 0. The third kappa shape index (κ3) is 12.0. The highest BCUT2D eigenvalue weighted by Gasteiger charge is 1.85. The van der Waals surface area contributed by atoms with Gasteiger partial charge < -0.3 is 0 Å². The van der Waals surface area contributed by atoms with Crippen molar-refractivity contribution in [2.24, 2.45) is 0 Å². The quantitative estimate of drug-likeness (QED) is 0.413. The van der Waals surface area contributed by atoms with Crippen molar-refractivity contribution in [2.75, 3.05) is 0 Å². The van der Waals surface area contributed by atoms with E-state index < -0.39 is 10.2 Å². The van der Waals surface area contributed by atoms with Crippen LogP contribution in [-0.4, -0.2) is 0 Å². The molecule has 0 radical (unpaired) electrons. The van der Waals surface area contributed by atoms with Crippen LogP contribution in [0.25, 0.3) is 0 Å². The Bertz CT molecular complexity index is 201. The molecule has 6 heteroatoms. The molecule has 5 nitrogen and oxygen atoms in total. The monoisotopic (exact) mass is 194 g/mol. The van der Waals surface area contributed by atoms with Crippen molar-refractivity contribution in [3.63, 3.8) is 0 Å². The van der Waals surface area contributed by atoms with Crippen molar-refractivity contribution in [1.29, 1.82) is 0 Å². The van der Waals surface area contributed by atoms with Gasteiger partial charge in [-0.2, -0.15) is 0 Å². The van der Waals surface area contributed by atoms with Crippen LogP contribution < -0.4 is 18.6 Å². The lowest BCUT2D eigenvalue weighted by Gasteiger charge is -2.17. The molecule has 0 aliphatic rings. The lowest BCUT2D eigenvalue weighted by Crippen LogP contribution is -2.68. The maximum Gasteiger partial charge on any atom is 0.320 e. The van der Waals surface area contributed by atoms with E-state index in [1.54, 1.807) is 12.5 Å². The molecule has 0 fully saturated rings. The first-order valence-corrected chi connectivity index (χ1v) is 4.07. The molecule has 68 valence electrons. The summed E-state index contributed by atoms with van der Waals surface area (Å²) in [6, 6.07) is 3.86. The smallest absolute Gasteiger partial charge is 0.224 e. The van der Waals surface area contributed by atoms with Crippen LogP contribution in [-0.2, 0) is 0 Å². The van der Waals surface area contributed by atoms with Crippen molar-refractivity contribution in [3.05, 3.63) is 30.2 Å². The van der Waals surface area contributed by atoms with Gasteiger partial charge in [-0.05, 0) is 13.0 Å². The summed E-state index contributed by atoms with van der Waals surface area (Å²) in [5.74, 6) is 0. The average molecular weight is 195 g/mol. The predicted octanol–water partition coefficient (Wildman–Crippen LogP) is -2.89. The first-order valence-electron chi connectivity index (χ1n) is 2.83. The summed E-state index contributed by atoms with van der Waals surface area (Å²) < 4.78 is 38.8. The van der Waals surface area contributed by atoms with Gasteiger partial charge in [0.15, 0.2) is 0 Å². The Labute approximate surface area is 71.2 Å². The van der Waals surface area contributed by atoms with E-state index in [1.165, 1.54) is 0 Å². The Morgan fingerprint density at radius 2 is 1.75 bits per heavy atom. The van der Waals surface area contributed by atoms with Gasteiger partial charge in [0, 0.05) is 11.6 Å². The normalized spacial score (nSPS) is 10.1. The number of hydrogen-bond donors (Lipinski definition) is 0. The molecule has 1 aromatic heterocycles. The number of halogens is 1. The molecule has 1 aromatic rings. The molecule has 0 aliphatic heterocycles. The Morgan fingerprint density at radius 3 is 1.92 bits per heavy atom. The average Bonchev–Trinajstić information content (AvgIpc) is 1.85. The Morgan fingerprint density at radius 1 is 1.25 bits per heavy atom. The topological polar surface area (TPSA) is 104 Å². The second-order valence-electron chi connectivity index (χ2n) is 1.87. The molecule has 0 saturated carbocycles. The van der Waals surface area contributed by atoms with E-state index in [2.05, 4.69) is 0 Å². The highest BCUT2D eigenvalue weighted by Crippen LogP contribution is 1.92. The summed E-state index contributed by atoms with van der Waals surface area (Å²) in [4.78, 5) is 0. The minimum atomic E-state index is -4.94. The second-order valence-corrected chi connectivity index (χ2v) is 2.63. The van der Waals surface area contributed by atoms with Crippen molar-refractivity contribution in [1.82, 2.24) is 0 Å². The summed E-state index contributed by atoms with van der Waals surface area (Å²) >= 11 is 0. The number of aryl methyl sites for hydroxylation is 1. The predicted molar refractivity (Wildman–Crippen MR) is 27.9 cm³/mol. The number of hydrogen-bond acceptors (Lipinski definition) is 4. The summed E-state index contributed by atoms with van der Waals surface area (Å²) in [7, 11) is -4.94. The van der Waals surface area contributed by atoms with Crippen LogP contribution in [0, 0.1) is 17.2 Å². The van der Waals surface area contributed by atoms with Gasteiger partial charge in [-0.1, -0.05) is 0 Å². The van der Waals surface area contributed by atoms with Crippen LogP contribution in [0.2, 0.25) is 0 Å². The molecule has 0 saturated heterocycles. The van der Waals surface area contributed by atoms with Crippen molar-refractivity contribution in [3.8, 4) is 0 Å². The van der Waals surface area contributed by atoms with Gasteiger partial charge >= 0.3 is 12.5 Å². The molecule has 0 atom stereocenters. The van der Waals surface area contributed by atoms with Crippen LogP contribution in [0.15, 0.2) is 29.1 Å². The third-order valence-electron chi connectivity index (χ3n) is 0.770. The van der Waals surface area contributed by atoms with E-state index in [9.17, 15) is 0 Å². The lowest BCUT2D eigenvalue weighted by atomic mass is 10.3. The maximum absolute atomic E-state index is 8.49. The zero-order valence-electron chi connectivity index (χ0n) is 6.23. The fourth-order valence-electron chi connectivity index (χ4n) is 0.422. The Kier molecular flexibility index (Phi) is 4.72. The third-order valence-corrected chi connectivity index (χ3v) is 0.770. The minimum Gasteiger partial charge on any atom is -0.224 e. The SMILES string of the molecule is Cc1ccc[o+]c1.[O-][Cl+3]([O-])([O-])[O-]. The molecule has 0 aliphatic carbocycles. The number of rotatable bonds is 0. The van der Waals surface area contributed by atoms with Crippen molar-refractivity contribution >= 4 is 0 Å². The van der Waals surface area contributed by atoms with E-state index >= 15 is 0 Å². The Hall–Kier alpha value is -0.720. The van der Waals surface area contributed by atoms with E-state index in [4.69, 9.17) is 23.1 Å². The van der Waals surface area contributed by atoms with Crippen LogP contribution in [0.4, 0.5) is 0 Å². The van der Waals surface area contributed by atoms with Gasteiger partial charge in [0.2, 0.25) is 0 Å². The summed E-state index contributed by atoms with van der Waals surface area (Å²) in [6.45, 7) is 1.99. The minimum absolute atomic E-state index is 1.16. The van der Waals surface area contributed by atoms with Crippen LogP contribution in [0.3, 0.4) is 0 Å². The molecule has 0 bridgehead atoms. The molecular weight excluding hydrogens is 188 g/mol. The maximum atomic E-state index is 8.49. The molecule has 0 N–H and O–H groups in total. The van der Waals surface area contributed by atoms with E-state index in [-0.39, 0.29) is 0 Å². The molecule has 1 heterocycles. The largest absolute Gasteiger partial charge is 0.320 e. The molecule has 0 amide bonds. The van der Waals surface area contributed by atoms with Crippen LogP contribution in [0.5, 0.6) is 0 Å². The fourth-order valence-corrected chi connectivity index (χ4v) is 0.422. The summed E-state index contributed by atoms with van der Waals surface area (Å²) in [5.41, 5.74) is 1.16. The first kappa shape index (κ1) is 11.3. The van der Waals surface area contributed by atoms with Gasteiger partial charge in [0.25, 0.3) is 0 Å². The van der Waals surface area contributed by atoms with Crippen molar-refractivity contribution < 1.29 is 33.3 Å². The fraction of sp³-hybridized carbons (Fsp3) is 0.167. The summed E-state index contributed by atoms with van der Waals surface area (Å²) in [6.07, 6.45) is 3.35. The molecule has 0 unspecified atom stereocenters. The van der Waals surface area contributed by atoms with Crippen molar-refractivity contribution in [2.45, 2.75) is 6.92 Å². The zero-order chi connectivity index (χ0) is 9.61. The first-order chi connectivity index (χ1) is 5.39. The van der Waals surface area contributed by atoms with Gasteiger partial charge in [-0.3, -0.25) is 0 Å². The van der Waals surface area contributed by atoms with Gasteiger partial charge in [-0.15, -0.1) is 10.2 Å². The zero-order valence-corrected chi connectivity index (χ0v) is 6.98. The van der Waals surface area contributed by atoms with Crippen LogP contribution >= 0.6 is 0 Å². The molecule has 1 rings (SSSR count). The Balaban J connectivity index is 0.000000217. The molecule has 12 heavy (non-hydrogen) atoms. The van der Waals surface area contributed by atoms with Gasteiger partial charge in [0.05, 0.1) is 0 Å². The highest BCUT2D eigenvalue weighted by atomic mass is 35.7.